The fraction of sp³-hybridized carbons (Fsp3) is 0.333. The average molecular weight is 362 g/mol. The minimum atomic E-state index is -0.412. The first kappa shape index (κ1) is 19.2. The van der Waals surface area contributed by atoms with Gasteiger partial charge in [-0.05, 0) is 36.0 Å². The second kappa shape index (κ2) is 9.40. The lowest BCUT2D eigenvalue weighted by Gasteiger charge is -2.07. The van der Waals surface area contributed by atoms with Crippen molar-refractivity contribution < 1.29 is 4.39 Å². The van der Waals surface area contributed by atoms with Gasteiger partial charge in [0.25, 0.3) is 0 Å². The van der Waals surface area contributed by atoms with Crippen molar-refractivity contribution in [3.63, 3.8) is 0 Å². The SMILES string of the molecule is CCCCCc1ccc(-c2ccc(-c3ncc(CCC)c(F)n3)cc2)cc1. The van der Waals surface area contributed by atoms with Gasteiger partial charge in [-0.15, -0.1) is 0 Å². The highest BCUT2D eigenvalue weighted by Crippen LogP contribution is 2.24. The summed E-state index contributed by atoms with van der Waals surface area (Å²) >= 11 is 0. The van der Waals surface area contributed by atoms with Crippen LogP contribution >= 0.6 is 0 Å². The molecule has 0 aliphatic rings. The third-order valence-corrected chi connectivity index (χ3v) is 4.83. The zero-order valence-electron chi connectivity index (χ0n) is 16.2. The first-order valence-electron chi connectivity index (χ1n) is 9.92. The van der Waals surface area contributed by atoms with Crippen LogP contribution in [-0.4, -0.2) is 9.97 Å². The number of halogens is 1. The molecule has 140 valence electrons. The number of nitrogens with zero attached hydrogens (tertiary/aromatic N) is 2. The Bertz CT molecular complexity index is 855. The van der Waals surface area contributed by atoms with Gasteiger partial charge in [-0.2, -0.15) is 9.37 Å². The van der Waals surface area contributed by atoms with Gasteiger partial charge in [0, 0.05) is 17.3 Å². The van der Waals surface area contributed by atoms with Crippen molar-refractivity contribution in [1.29, 1.82) is 0 Å². The number of aromatic nitrogens is 2. The monoisotopic (exact) mass is 362 g/mol. The summed E-state index contributed by atoms with van der Waals surface area (Å²) < 4.78 is 14.1. The Balaban J connectivity index is 1.72. The van der Waals surface area contributed by atoms with Gasteiger partial charge in [0.05, 0.1) is 0 Å². The summed E-state index contributed by atoms with van der Waals surface area (Å²) in [5.41, 5.74) is 5.13. The smallest absolute Gasteiger partial charge is 0.219 e. The third-order valence-electron chi connectivity index (χ3n) is 4.83. The molecule has 0 saturated carbocycles. The van der Waals surface area contributed by atoms with Crippen LogP contribution in [0.4, 0.5) is 4.39 Å². The molecule has 0 bridgehead atoms. The molecule has 27 heavy (non-hydrogen) atoms. The molecule has 0 radical (unpaired) electrons. The lowest BCUT2D eigenvalue weighted by molar-refractivity contribution is 0.561. The molecule has 1 aromatic heterocycles. The lowest BCUT2D eigenvalue weighted by atomic mass is 10.0. The van der Waals surface area contributed by atoms with Crippen LogP contribution in [0, 0.1) is 5.95 Å². The van der Waals surface area contributed by atoms with Gasteiger partial charge in [-0.3, -0.25) is 0 Å². The van der Waals surface area contributed by atoms with Crippen molar-refractivity contribution in [3.8, 4) is 22.5 Å². The van der Waals surface area contributed by atoms with E-state index in [4.69, 9.17) is 0 Å². The molecule has 3 heteroatoms. The topological polar surface area (TPSA) is 25.8 Å². The largest absolute Gasteiger partial charge is 0.236 e. The molecular weight excluding hydrogens is 335 g/mol. The molecule has 2 nitrogen and oxygen atoms in total. The van der Waals surface area contributed by atoms with E-state index < -0.39 is 5.95 Å². The van der Waals surface area contributed by atoms with E-state index >= 15 is 0 Å². The summed E-state index contributed by atoms with van der Waals surface area (Å²) in [7, 11) is 0. The van der Waals surface area contributed by atoms with Gasteiger partial charge in [0.1, 0.15) is 0 Å². The van der Waals surface area contributed by atoms with Crippen molar-refractivity contribution >= 4 is 0 Å². The Kier molecular flexibility index (Phi) is 6.69. The second-order valence-corrected chi connectivity index (χ2v) is 6.99. The van der Waals surface area contributed by atoms with Gasteiger partial charge < -0.3 is 0 Å². The van der Waals surface area contributed by atoms with Crippen LogP contribution in [0.5, 0.6) is 0 Å². The van der Waals surface area contributed by atoms with Crippen molar-refractivity contribution in [2.45, 2.75) is 52.4 Å². The number of hydrogen-bond acceptors (Lipinski definition) is 2. The molecule has 0 N–H and O–H groups in total. The Morgan fingerprint density at radius 1 is 0.741 bits per heavy atom. The molecule has 0 saturated heterocycles. The summed E-state index contributed by atoms with van der Waals surface area (Å²) in [6.45, 7) is 4.25. The normalized spacial score (nSPS) is 10.9. The highest BCUT2D eigenvalue weighted by atomic mass is 19.1. The molecule has 0 amide bonds. The van der Waals surface area contributed by atoms with Gasteiger partial charge >= 0.3 is 0 Å². The summed E-state index contributed by atoms with van der Waals surface area (Å²) in [6, 6.07) is 16.8. The van der Waals surface area contributed by atoms with Crippen LogP contribution < -0.4 is 0 Å². The fourth-order valence-corrected chi connectivity index (χ4v) is 3.22. The number of benzene rings is 2. The molecule has 0 atom stereocenters. The fourth-order valence-electron chi connectivity index (χ4n) is 3.22. The highest BCUT2D eigenvalue weighted by Gasteiger charge is 2.08. The van der Waals surface area contributed by atoms with E-state index in [0.29, 0.717) is 17.8 Å². The highest BCUT2D eigenvalue weighted by molar-refractivity contribution is 5.67. The van der Waals surface area contributed by atoms with Gasteiger partial charge in [0.2, 0.25) is 5.95 Å². The molecule has 3 aromatic rings. The summed E-state index contributed by atoms with van der Waals surface area (Å²) in [5, 5.41) is 0. The van der Waals surface area contributed by atoms with E-state index in [2.05, 4.69) is 41.2 Å². The van der Waals surface area contributed by atoms with Crippen LogP contribution in [0.1, 0.15) is 50.7 Å². The molecule has 0 unspecified atom stereocenters. The quantitative estimate of drug-likeness (QED) is 0.332. The zero-order chi connectivity index (χ0) is 19.1. The predicted molar refractivity (Wildman–Crippen MR) is 110 cm³/mol. The summed E-state index contributed by atoms with van der Waals surface area (Å²) in [6.07, 6.45) is 8.07. The average Bonchev–Trinajstić information content (AvgIpc) is 2.71. The maximum absolute atomic E-state index is 14.1. The van der Waals surface area contributed by atoms with Gasteiger partial charge in [-0.1, -0.05) is 81.6 Å². The molecule has 0 fully saturated rings. The van der Waals surface area contributed by atoms with Gasteiger partial charge in [-0.25, -0.2) is 4.98 Å². The second-order valence-electron chi connectivity index (χ2n) is 6.99. The molecule has 0 aliphatic heterocycles. The van der Waals surface area contributed by atoms with Crippen molar-refractivity contribution in [1.82, 2.24) is 9.97 Å². The summed E-state index contributed by atoms with van der Waals surface area (Å²) in [5.74, 6) is 0.0229. The first-order valence-corrected chi connectivity index (χ1v) is 9.92. The van der Waals surface area contributed by atoms with Crippen LogP contribution in [-0.2, 0) is 12.8 Å². The number of rotatable bonds is 8. The standard InChI is InChI=1S/C24H27FN2/c1-3-5-6-8-18-9-11-19(12-10-18)20-13-15-21(16-14-20)24-26-17-22(7-4-2)23(25)27-24/h9-17H,3-8H2,1-2H3. The molecule has 1 heterocycles. The Morgan fingerprint density at radius 2 is 1.37 bits per heavy atom. The van der Waals surface area contributed by atoms with E-state index in [-0.39, 0.29) is 0 Å². The van der Waals surface area contributed by atoms with E-state index in [1.54, 1.807) is 6.20 Å². The summed E-state index contributed by atoms with van der Waals surface area (Å²) in [4.78, 5) is 8.36. The van der Waals surface area contributed by atoms with E-state index in [1.165, 1.54) is 30.4 Å². The molecule has 2 aromatic carbocycles. The Labute approximate surface area is 161 Å². The van der Waals surface area contributed by atoms with Crippen LogP contribution in [0.3, 0.4) is 0 Å². The van der Waals surface area contributed by atoms with E-state index in [1.807, 2.05) is 31.2 Å². The third kappa shape index (κ3) is 5.00. The molecule has 0 aliphatic carbocycles. The molecular formula is C24H27FN2. The maximum Gasteiger partial charge on any atom is 0.219 e. The number of hydrogen-bond donors (Lipinski definition) is 0. The van der Waals surface area contributed by atoms with E-state index in [9.17, 15) is 4.39 Å². The lowest BCUT2D eigenvalue weighted by Crippen LogP contribution is -1.98. The number of unbranched alkanes of at least 4 members (excludes halogenated alkanes) is 2. The van der Waals surface area contributed by atoms with Crippen molar-refractivity contribution in [2.24, 2.45) is 0 Å². The van der Waals surface area contributed by atoms with Crippen molar-refractivity contribution in [3.05, 3.63) is 71.8 Å². The maximum atomic E-state index is 14.1. The van der Waals surface area contributed by atoms with Crippen LogP contribution in [0.25, 0.3) is 22.5 Å². The Hall–Kier alpha value is -2.55. The van der Waals surface area contributed by atoms with Crippen LogP contribution in [0.2, 0.25) is 0 Å². The predicted octanol–water partition coefficient (Wildman–Crippen LogP) is 6.63. The van der Waals surface area contributed by atoms with Crippen LogP contribution in [0.15, 0.2) is 54.7 Å². The zero-order valence-corrected chi connectivity index (χ0v) is 16.2. The minimum Gasteiger partial charge on any atom is -0.236 e. The molecule has 0 spiro atoms. The van der Waals surface area contributed by atoms with E-state index in [0.717, 1.165) is 24.0 Å². The first-order chi connectivity index (χ1) is 13.2. The Morgan fingerprint density at radius 3 is 1.96 bits per heavy atom. The number of aryl methyl sites for hydroxylation is 2. The van der Waals surface area contributed by atoms with Gasteiger partial charge in [0.15, 0.2) is 5.82 Å². The molecule has 3 rings (SSSR count). The van der Waals surface area contributed by atoms with Crippen molar-refractivity contribution in [2.75, 3.05) is 0 Å². The minimum absolute atomic E-state index is 0.412.